The Balaban J connectivity index is 2.59. The van der Waals surface area contributed by atoms with Crippen LogP contribution in [0.1, 0.15) is 31.1 Å². The van der Waals surface area contributed by atoms with Crippen LogP contribution in [0.5, 0.6) is 0 Å². The van der Waals surface area contributed by atoms with Gasteiger partial charge in [-0.25, -0.2) is 10.2 Å². The molecule has 0 fully saturated rings. The maximum absolute atomic E-state index is 10.3. The summed E-state index contributed by atoms with van der Waals surface area (Å²) in [5, 5.41) is 3.57. The van der Waals surface area contributed by atoms with Crippen molar-refractivity contribution in [2.75, 3.05) is 0 Å². The summed E-state index contributed by atoms with van der Waals surface area (Å²) in [7, 11) is 0. The second-order valence-electron chi connectivity index (χ2n) is 3.17. The summed E-state index contributed by atoms with van der Waals surface area (Å²) in [5.74, 6) is 0.993. The Labute approximate surface area is 82.0 Å². The summed E-state index contributed by atoms with van der Waals surface area (Å²) in [5.41, 5.74) is 7.98. The minimum Gasteiger partial charge on any atom is -0.463 e. The van der Waals surface area contributed by atoms with Gasteiger partial charge in [-0.1, -0.05) is 13.8 Å². The molecular weight excluding hydrogens is 182 g/mol. The Kier molecular flexibility index (Phi) is 3.28. The lowest BCUT2D eigenvalue weighted by atomic mass is 10.1. The third-order valence-corrected chi connectivity index (χ3v) is 1.67. The monoisotopic (exact) mass is 195 g/mol. The molecule has 0 radical (unpaired) electrons. The molecular formula is C9H13N3O2. The van der Waals surface area contributed by atoms with E-state index in [-0.39, 0.29) is 0 Å². The molecule has 0 bridgehead atoms. The molecule has 0 aliphatic carbocycles. The highest BCUT2D eigenvalue weighted by Gasteiger charge is 2.02. The minimum atomic E-state index is -0.697. The first-order valence-electron chi connectivity index (χ1n) is 4.26. The van der Waals surface area contributed by atoms with Gasteiger partial charge < -0.3 is 10.2 Å². The van der Waals surface area contributed by atoms with Gasteiger partial charge in [-0.05, 0) is 17.5 Å². The molecule has 0 atom stereocenters. The predicted molar refractivity (Wildman–Crippen MR) is 53.1 cm³/mol. The second kappa shape index (κ2) is 4.45. The number of rotatable bonds is 3. The van der Waals surface area contributed by atoms with Crippen LogP contribution < -0.4 is 11.2 Å². The number of urea groups is 1. The van der Waals surface area contributed by atoms with Crippen molar-refractivity contribution in [3.8, 4) is 0 Å². The molecule has 14 heavy (non-hydrogen) atoms. The molecule has 3 N–H and O–H groups in total. The zero-order valence-corrected chi connectivity index (χ0v) is 8.15. The van der Waals surface area contributed by atoms with Crippen LogP contribution in [0, 0.1) is 0 Å². The molecule has 76 valence electrons. The molecule has 0 spiro atoms. The summed E-state index contributed by atoms with van der Waals surface area (Å²) >= 11 is 0. The summed E-state index contributed by atoms with van der Waals surface area (Å²) in [6.07, 6.45) is 3.06. The maximum Gasteiger partial charge on any atom is 0.332 e. The van der Waals surface area contributed by atoms with E-state index < -0.39 is 6.03 Å². The lowest BCUT2D eigenvalue weighted by molar-refractivity contribution is 0.249. The van der Waals surface area contributed by atoms with Crippen molar-refractivity contribution in [1.29, 1.82) is 0 Å². The summed E-state index contributed by atoms with van der Waals surface area (Å²) in [6.45, 7) is 4.13. The van der Waals surface area contributed by atoms with Gasteiger partial charge >= 0.3 is 6.03 Å². The van der Waals surface area contributed by atoms with Crippen molar-refractivity contribution in [3.05, 3.63) is 23.7 Å². The lowest BCUT2D eigenvalue weighted by Gasteiger charge is -1.95. The molecule has 1 aromatic heterocycles. The molecule has 1 aromatic rings. The van der Waals surface area contributed by atoms with Crippen LogP contribution in [0.15, 0.2) is 21.8 Å². The van der Waals surface area contributed by atoms with Crippen LogP contribution in [-0.4, -0.2) is 12.2 Å². The summed E-state index contributed by atoms with van der Waals surface area (Å²) in [6, 6.07) is 1.16. The van der Waals surface area contributed by atoms with Gasteiger partial charge in [0.15, 0.2) is 0 Å². The number of amides is 2. The number of furan rings is 1. The Morgan fingerprint density at radius 1 is 1.71 bits per heavy atom. The Hall–Kier alpha value is -1.78. The molecule has 0 saturated heterocycles. The fourth-order valence-electron chi connectivity index (χ4n) is 0.898. The van der Waals surface area contributed by atoms with Gasteiger partial charge in [0.25, 0.3) is 0 Å². The molecule has 0 aliphatic rings. The molecule has 0 aliphatic heterocycles. The van der Waals surface area contributed by atoms with Crippen molar-refractivity contribution in [2.24, 2.45) is 10.8 Å². The van der Waals surface area contributed by atoms with Crippen LogP contribution in [0.2, 0.25) is 0 Å². The van der Waals surface area contributed by atoms with Gasteiger partial charge in [0.05, 0.1) is 12.5 Å². The van der Waals surface area contributed by atoms with E-state index in [1.54, 1.807) is 6.26 Å². The lowest BCUT2D eigenvalue weighted by Crippen LogP contribution is -2.24. The molecule has 5 nitrogen and oxygen atoms in total. The van der Waals surface area contributed by atoms with Crippen molar-refractivity contribution < 1.29 is 9.21 Å². The van der Waals surface area contributed by atoms with E-state index in [0.29, 0.717) is 11.7 Å². The highest BCUT2D eigenvalue weighted by atomic mass is 16.3. The largest absolute Gasteiger partial charge is 0.463 e. The number of nitrogens with zero attached hydrogens (tertiary/aromatic N) is 1. The van der Waals surface area contributed by atoms with Gasteiger partial charge in [0, 0.05) is 0 Å². The van der Waals surface area contributed by atoms with E-state index in [1.165, 1.54) is 6.21 Å². The SMILES string of the molecule is CC(C)c1coc(/C=N/NC(N)=O)c1. The second-order valence-corrected chi connectivity index (χ2v) is 3.17. The number of nitrogens with one attached hydrogen (secondary N) is 1. The predicted octanol–water partition coefficient (Wildman–Crippen LogP) is 1.41. The van der Waals surface area contributed by atoms with Gasteiger partial charge in [-0.15, -0.1) is 0 Å². The zero-order valence-electron chi connectivity index (χ0n) is 8.15. The van der Waals surface area contributed by atoms with Gasteiger partial charge in [-0.3, -0.25) is 0 Å². The van der Waals surface area contributed by atoms with Gasteiger partial charge in [0.2, 0.25) is 0 Å². The normalized spacial score (nSPS) is 11.1. The molecule has 1 rings (SSSR count). The molecule has 5 heteroatoms. The molecule has 1 heterocycles. The Morgan fingerprint density at radius 3 is 2.93 bits per heavy atom. The van der Waals surface area contributed by atoms with Crippen LogP contribution in [-0.2, 0) is 0 Å². The number of nitrogens with two attached hydrogens (primary N) is 1. The van der Waals surface area contributed by atoms with E-state index in [1.807, 2.05) is 6.07 Å². The summed E-state index contributed by atoms with van der Waals surface area (Å²) in [4.78, 5) is 10.3. The van der Waals surface area contributed by atoms with E-state index >= 15 is 0 Å². The van der Waals surface area contributed by atoms with Crippen LogP contribution in [0.3, 0.4) is 0 Å². The first-order chi connectivity index (χ1) is 6.59. The molecule has 0 aromatic carbocycles. The fourth-order valence-corrected chi connectivity index (χ4v) is 0.898. The van der Waals surface area contributed by atoms with Crippen molar-refractivity contribution >= 4 is 12.2 Å². The Bertz CT molecular complexity index is 342. The fraction of sp³-hybridized carbons (Fsp3) is 0.333. The quantitative estimate of drug-likeness (QED) is 0.564. The molecule has 0 unspecified atom stereocenters. The average molecular weight is 195 g/mol. The number of carbonyl (C=O) groups excluding carboxylic acids is 1. The van der Waals surface area contributed by atoms with E-state index in [9.17, 15) is 4.79 Å². The number of carbonyl (C=O) groups is 1. The van der Waals surface area contributed by atoms with Crippen LogP contribution in [0.25, 0.3) is 0 Å². The van der Waals surface area contributed by atoms with E-state index in [0.717, 1.165) is 5.56 Å². The number of hydrazone groups is 1. The number of hydrogen-bond acceptors (Lipinski definition) is 3. The van der Waals surface area contributed by atoms with E-state index in [2.05, 4.69) is 24.4 Å². The standard InChI is InChI=1S/C9H13N3O2/c1-6(2)7-3-8(14-5-7)4-11-12-9(10)13/h3-6H,1-2H3,(H3,10,12,13)/b11-4+. The maximum atomic E-state index is 10.3. The van der Waals surface area contributed by atoms with Crippen molar-refractivity contribution in [1.82, 2.24) is 5.43 Å². The Morgan fingerprint density at radius 2 is 2.43 bits per heavy atom. The van der Waals surface area contributed by atoms with E-state index in [4.69, 9.17) is 10.2 Å². The number of hydrogen-bond donors (Lipinski definition) is 2. The van der Waals surface area contributed by atoms with Crippen molar-refractivity contribution in [2.45, 2.75) is 19.8 Å². The molecule has 2 amide bonds. The third-order valence-electron chi connectivity index (χ3n) is 1.67. The topological polar surface area (TPSA) is 80.6 Å². The smallest absolute Gasteiger partial charge is 0.332 e. The van der Waals surface area contributed by atoms with Crippen LogP contribution in [0.4, 0.5) is 4.79 Å². The van der Waals surface area contributed by atoms with Crippen molar-refractivity contribution in [3.63, 3.8) is 0 Å². The van der Waals surface area contributed by atoms with Gasteiger partial charge in [-0.2, -0.15) is 5.10 Å². The number of primary amides is 1. The molecule has 0 saturated carbocycles. The first kappa shape index (κ1) is 10.3. The highest BCUT2D eigenvalue weighted by Crippen LogP contribution is 2.16. The van der Waals surface area contributed by atoms with Gasteiger partial charge in [0.1, 0.15) is 5.76 Å². The summed E-state index contributed by atoms with van der Waals surface area (Å²) < 4.78 is 5.17. The third kappa shape index (κ3) is 2.93. The zero-order chi connectivity index (χ0) is 10.6. The first-order valence-corrected chi connectivity index (χ1v) is 4.26. The highest BCUT2D eigenvalue weighted by molar-refractivity contribution is 5.78. The average Bonchev–Trinajstić information content (AvgIpc) is 2.52. The minimum absolute atomic E-state index is 0.407. The van der Waals surface area contributed by atoms with Crippen LogP contribution >= 0.6 is 0 Å².